The van der Waals surface area contributed by atoms with E-state index in [2.05, 4.69) is 5.32 Å². The van der Waals surface area contributed by atoms with Gasteiger partial charge < -0.3 is 15.0 Å². The van der Waals surface area contributed by atoms with Crippen LogP contribution >= 0.6 is 0 Å². The molecule has 1 heterocycles. The van der Waals surface area contributed by atoms with Crippen molar-refractivity contribution in [1.82, 2.24) is 14.5 Å². The van der Waals surface area contributed by atoms with E-state index in [1.54, 1.807) is 29.7 Å². The maximum atomic E-state index is 13.8. The Morgan fingerprint density at radius 2 is 1.82 bits per heavy atom. The number of nitrogens with one attached hydrogen (secondary N) is 1. The predicted molar refractivity (Wildman–Crippen MR) is 146 cm³/mol. The zero-order valence-corrected chi connectivity index (χ0v) is 21.7. The minimum atomic E-state index is -0.637. The summed E-state index contributed by atoms with van der Waals surface area (Å²) in [7, 11) is 1.54. The van der Waals surface area contributed by atoms with Crippen LogP contribution in [0.2, 0.25) is 0 Å². The standard InChI is InChI=1S/C28H29N5O5/c1-18-9-12-23(17-19(18)2)32-26(30-25-8-6-5-7-24(25)27(32)34)20(3)31(15-16-38-4)28(35)29-21-10-13-22(14-11-21)33(36)37/h5-14,17,20H,15-16H2,1-4H3,(H,29,35). The molecule has 0 bridgehead atoms. The molecule has 1 atom stereocenters. The maximum absolute atomic E-state index is 13.8. The number of fused-ring (bicyclic) bond motifs is 1. The summed E-state index contributed by atoms with van der Waals surface area (Å²) < 4.78 is 6.81. The van der Waals surface area contributed by atoms with Gasteiger partial charge in [-0.1, -0.05) is 18.2 Å². The molecule has 0 spiro atoms. The number of urea groups is 1. The van der Waals surface area contributed by atoms with E-state index in [4.69, 9.17) is 9.72 Å². The van der Waals surface area contributed by atoms with Crippen LogP contribution in [0.3, 0.4) is 0 Å². The van der Waals surface area contributed by atoms with Gasteiger partial charge >= 0.3 is 6.03 Å². The molecule has 10 nitrogen and oxygen atoms in total. The van der Waals surface area contributed by atoms with Crippen LogP contribution < -0.4 is 10.9 Å². The number of rotatable bonds is 8. The minimum Gasteiger partial charge on any atom is -0.383 e. The molecule has 1 N–H and O–H groups in total. The summed E-state index contributed by atoms with van der Waals surface area (Å²) in [4.78, 5) is 44.1. The normalized spacial score (nSPS) is 11.8. The van der Waals surface area contributed by atoms with Crippen molar-refractivity contribution in [2.45, 2.75) is 26.8 Å². The van der Waals surface area contributed by atoms with Crippen LogP contribution in [0.15, 0.2) is 71.5 Å². The van der Waals surface area contributed by atoms with E-state index >= 15 is 0 Å². The highest BCUT2D eigenvalue weighted by molar-refractivity contribution is 5.89. The second-order valence-electron chi connectivity index (χ2n) is 8.99. The van der Waals surface area contributed by atoms with E-state index in [1.165, 1.54) is 36.3 Å². The number of benzene rings is 3. The molecule has 0 saturated carbocycles. The second-order valence-corrected chi connectivity index (χ2v) is 8.99. The lowest BCUT2D eigenvalue weighted by Crippen LogP contribution is -2.41. The fraction of sp³-hybridized carbons (Fsp3) is 0.250. The molecule has 10 heteroatoms. The summed E-state index contributed by atoms with van der Waals surface area (Å²) in [5, 5.41) is 14.2. The molecule has 0 fully saturated rings. The van der Waals surface area contributed by atoms with E-state index in [0.29, 0.717) is 28.1 Å². The Hall–Kier alpha value is -4.57. The van der Waals surface area contributed by atoms with Gasteiger partial charge in [-0.25, -0.2) is 9.78 Å². The zero-order valence-electron chi connectivity index (χ0n) is 21.7. The van der Waals surface area contributed by atoms with Crippen LogP contribution in [0.4, 0.5) is 16.2 Å². The Balaban J connectivity index is 1.80. The van der Waals surface area contributed by atoms with Gasteiger partial charge in [-0.15, -0.1) is 0 Å². The number of hydrogen-bond donors (Lipinski definition) is 1. The molecule has 1 unspecified atom stereocenters. The molecule has 4 aromatic rings. The van der Waals surface area contributed by atoms with Gasteiger partial charge in [0.25, 0.3) is 11.2 Å². The molecule has 0 aliphatic heterocycles. The number of nitro groups is 1. The van der Waals surface area contributed by atoms with Gasteiger partial charge in [-0.2, -0.15) is 0 Å². The van der Waals surface area contributed by atoms with Crippen molar-refractivity contribution >= 4 is 28.3 Å². The highest BCUT2D eigenvalue weighted by atomic mass is 16.6. The van der Waals surface area contributed by atoms with Crippen molar-refractivity contribution < 1.29 is 14.5 Å². The van der Waals surface area contributed by atoms with Gasteiger partial charge in [0, 0.05) is 31.5 Å². The van der Waals surface area contributed by atoms with Crippen molar-refractivity contribution in [1.29, 1.82) is 0 Å². The largest absolute Gasteiger partial charge is 0.383 e. The van der Waals surface area contributed by atoms with Crippen molar-refractivity contribution in [2.24, 2.45) is 0 Å². The van der Waals surface area contributed by atoms with Crippen LogP contribution in [0, 0.1) is 24.0 Å². The average molecular weight is 516 g/mol. The van der Waals surface area contributed by atoms with Crippen LogP contribution in [0.25, 0.3) is 16.6 Å². The van der Waals surface area contributed by atoms with Crippen LogP contribution in [0.1, 0.15) is 29.9 Å². The molecule has 196 valence electrons. The van der Waals surface area contributed by atoms with Gasteiger partial charge in [-0.05, 0) is 68.3 Å². The SMILES string of the molecule is COCCN(C(=O)Nc1ccc([N+](=O)[O-])cc1)C(C)c1nc2ccccc2c(=O)n1-c1ccc(C)c(C)c1. The molecule has 0 radical (unpaired) electrons. The number of nitrogens with zero attached hydrogens (tertiary/aromatic N) is 4. The number of hydrogen-bond acceptors (Lipinski definition) is 6. The fourth-order valence-electron chi connectivity index (χ4n) is 4.21. The highest BCUT2D eigenvalue weighted by Crippen LogP contribution is 2.25. The minimum absolute atomic E-state index is 0.0784. The van der Waals surface area contributed by atoms with Crippen molar-refractivity contribution in [3.63, 3.8) is 0 Å². The molecule has 3 aromatic carbocycles. The summed E-state index contributed by atoms with van der Waals surface area (Å²) in [6, 6.07) is 17.3. The Bertz CT molecular complexity index is 1550. The lowest BCUT2D eigenvalue weighted by molar-refractivity contribution is -0.384. The quantitative estimate of drug-likeness (QED) is 0.256. The number of nitro benzene ring substituents is 1. The van der Waals surface area contributed by atoms with Crippen LogP contribution in [0.5, 0.6) is 0 Å². The van der Waals surface area contributed by atoms with Gasteiger partial charge in [-0.3, -0.25) is 19.5 Å². The molecule has 2 amide bonds. The number of anilines is 1. The number of ether oxygens (including phenoxy) is 1. The number of amides is 2. The lowest BCUT2D eigenvalue weighted by atomic mass is 10.1. The topological polar surface area (TPSA) is 120 Å². The smallest absolute Gasteiger partial charge is 0.322 e. The van der Waals surface area contributed by atoms with Crippen molar-refractivity contribution in [3.8, 4) is 5.69 Å². The summed E-state index contributed by atoms with van der Waals surface area (Å²) in [6.07, 6.45) is 0. The van der Waals surface area contributed by atoms with Gasteiger partial charge in [0.15, 0.2) is 0 Å². The Labute approximate surface area is 219 Å². The highest BCUT2D eigenvalue weighted by Gasteiger charge is 2.27. The summed E-state index contributed by atoms with van der Waals surface area (Å²) >= 11 is 0. The van der Waals surface area contributed by atoms with Gasteiger partial charge in [0.05, 0.1) is 34.2 Å². The molecular formula is C28H29N5O5. The first-order valence-corrected chi connectivity index (χ1v) is 12.1. The monoisotopic (exact) mass is 515 g/mol. The third-order valence-electron chi connectivity index (χ3n) is 6.52. The molecule has 38 heavy (non-hydrogen) atoms. The van der Waals surface area contributed by atoms with Crippen molar-refractivity contribution in [3.05, 3.63) is 104 Å². The van der Waals surface area contributed by atoms with Crippen LogP contribution in [-0.4, -0.2) is 45.7 Å². The molecule has 4 rings (SSSR count). The number of para-hydroxylation sites is 1. The van der Waals surface area contributed by atoms with Gasteiger partial charge in [0.1, 0.15) is 5.82 Å². The third-order valence-corrected chi connectivity index (χ3v) is 6.52. The summed E-state index contributed by atoms with van der Waals surface area (Å²) in [5.41, 5.74) is 3.38. The van der Waals surface area contributed by atoms with E-state index in [9.17, 15) is 19.7 Å². The van der Waals surface area contributed by atoms with E-state index in [0.717, 1.165) is 11.1 Å². The Kier molecular flexibility index (Phi) is 7.82. The lowest BCUT2D eigenvalue weighted by Gasteiger charge is -2.30. The van der Waals surface area contributed by atoms with Gasteiger partial charge in [0.2, 0.25) is 0 Å². The molecular weight excluding hydrogens is 486 g/mol. The maximum Gasteiger partial charge on any atom is 0.322 e. The number of methoxy groups -OCH3 is 1. The summed E-state index contributed by atoms with van der Waals surface area (Å²) in [5.74, 6) is 0.395. The van der Waals surface area contributed by atoms with Crippen LogP contribution in [-0.2, 0) is 4.74 Å². The Morgan fingerprint density at radius 3 is 2.47 bits per heavy atom. The molecule has 1 aromatic heterocycles. The average Bonchev–Trinajstić information content (AvgIpc) is 2.90. The van der Waals surface area contributed by atoms with Crippen molar-refractivity contribution in [2.75, 3.05) is 25.6 Å². The number of aromatic nitrogens is 2. The van der Waals surface area contributed by atoms with E-state index in [-0.39, 0.29) is 24.4 Å². The zero-order chi connectivity index (χ0) is 27.4. The third kappa shape index (κ3) is 5.40. The Morgan fingerprint density at radius 1 is 1.11 bits per heavy atom. The predicted octanol–water partition coefficient (Wildman–Crippen LogP) is 5.15. The number of non-ortho nitro benzene ring substituents is 1. The first kappa shape index (κ1) is 26.5. The van der Waals surface area contributed by atoms with E-state index < -0.39 is 17.0 Å². The summed E-state index contributed by atoms with van der Waals surface area (Å²) in [6.45, 7) is 6.24. The fourth-order valence-corrected chi connectivity index (χ4v) is 4.21. The first-order chi connectivity index (χ1) is 18.2. The number of carbonyl (C=O) groups is 1. The first-order valence-electron chi connectivity index (χ1n) is 12.1. The molecule has 0 aliphatic carbocycles. The number of aryl methyl sites for hydroxylation is 2. The number of carbonyl (C=O) groups excluding carboxylic acids is 1. The second kappa shape index (κ2) is 11.2. The molecule has 0 saturated heterocycles. The van der Waals surface area contributed by atoms with E-state index in [1.807, 2.05) is 38.1 Å². The molecule has 0 aliphatic rings.